The SMILES string of the molecule is NC(=O)C(=O)N1CCN(C(=O)[C@H]2C[C@H]3C=CC[C@H](C3)C2)C(c2ccncc2)C1. The Bertz CT molecular complexity index is 794. The standard InChI is InChI=1S/C21H26N4O3/c22-19(26)21(28)24-8-9-25(18(13-24)16-4-6-23-7-5-16)20(27)17-11-14-2-1-3-15(10-14)12-17/h1-2,4-7,14-15,17-18H,3,8-13H2,(H2,22,26)/t14-,15+,17-,18?/m0/s1. The number of pyridine rings is 1. The van der Waals surface area contributed by atoms with Crippen LogP contribution in [0, 0.1) is 17.8 Å². The molecule has 0 spiro atoms. The predicted octanol–water partition coefficient (Wildman–Crippen LogP) is 1.27. The maximum absolute atomic E-state index is 13.5. The normalized spacial score (nSPS) is 29.4. The van der Waals surface area contributed by atoms with Crippen molar-refractivity contribution in [2.75, 3.05) is 19.6 Å². The second kappa shape index (κ2) is 7.73. The number of carbonyl (C=O) groups excluding carboxylic acids is 3. The molecule has 7 nitrogen and oxygen atoms in total. The molecule has 1 aliphatic heterocycles. The summed E-state index contributed by atoms with van der Waals surface area (Å²) >= 11 is 0. The average Bonchev–Trinajstić information content (AvgIpc) is 2.72. The van der Waals surface area contributed by atoms with E-state index >= 15 is 0 Å². The molecule has 1 unspecified atom stereocenters. The van der Waals surface area contributed by atoms with Crippen LogP contribution in [0.15, 0.2) is 36.7 Å². The maximum Gasteiger partial charge on any atom is 0.311 e. The van der Waals surface area contributed by atoms with Crippen molar-refractivity contribution in [3.8, 4) is 0 Å². The Morgan fingerprint density at radius 3 is 2.57 bits per heavy atom. The van der Waals surface area contributed by atoms with Crippen molar-refractivity contribution in [2.45, 2.75) is 31.7 Å². The zero-order valence-electron chi connectivity index (χ0n) is 15.9. The molecule has 3 amide bonds. The molecule has 3 aliphatic rings. The second-order valence-electron chi connectivity index (χ2n) is 8.14. The van der Waals surface area contributed by atoms with E-state index < -0.39 is 11.8 Å². The van der Waals surface area contributed by atoms with Crippen molar-refractivity contribution in [3.63, 3.8) is 0 Å². The van der Waals surface area contributed by atoms with E-state index in [1.807, 2.05) is 17.0 Å². The fourth-order valence-corrected chi connectivity index (χ4v) is 4.99. The molecule has 1 saturated carbocycles. The summed E-state index contributed by atoms with van der Waals surface area (Å²) in [7, 11) is 0. The fourth-order valence-electron chi connectivity index (χ4n) is 4.99. The predicted molar refractivity (Wildman–Crippen MR) is 103 cm³/mol. The highest BCUT2D eigenvalue weighted by Gasteiger charge is 2.40. The summed E-state index contributed by atoms with van der Waals surface area (Å²) in [5.74, 6) is -0.369. The quantitative estimate of drug-likeness (QED) is 0.615. The summed E-state index contributed by atoms with van der Waals surface area (Å²) in [5, 5.41) is 0. The van der Waals surface area contributed by atoms with Gasteiger partial charge in [-0.15, -0.1) is 0 Å². The minimum atomic E-state index is -0.958. The van der Waals surface area contributed by atoms with Gasteiger partial charge < -0.3 is 15.5 Å². The molecule has 1 aromatic heterocycles. The van der Waals surface area contributed by atoms with Crippen LogP contribution in [-0.2, 0) is 14.4 Å². The number of aromatic nitrogens is 1. The second-order valence-corrected chi connectivity index (χ2v) is 8.14. The lowest BCUT2D eigenvalue weighted by atomic mass is 9.70. The molecule has 0 aromatic carbocycles. The Morgan fingerprint density at radius 2 is 1.86 bits per heavy atom. The van der Waals surface area contributed by atoms with Crippen LogP contribution in [0.5, 0.6) is 0 Å². The van der Waals surface area contributed by atoms with Crippen LogP contribution in [0.3, 0.4) is 0 Å². The lowest BCUT2D eigenvalue weighted by Gasteiger charge is -2.44. The summed E-state index contributed by atoms with van der Waals surface area (Å²) in [6.07, 6.45) is 12.0. The number of hydrogen-bond acceptors (Lipinski definition) is 4. The fraction of sp³-hybridized carbons (Fsp3) is 0.524. The minimum Gasteiger partial charge on any atom is -0.361 e. The van der Waals surface area contributed by atoms with Gasteiger partial charge in [-0.05, 0) is 55.2 Å². The molecule has 0 radical (unpaired) electrons. The Balaban J connectivity index is 1.56. The minimum absolute atomic E-state index is 0.0245. The van der Waals surface area contributed by atoms with Gasteiger partial charge in [-0.3, -0.25) is 19.4 Å². The van der Waals surface area contributed by atoms with E-state index in [9.17, 15) is 14.4 Å². The first-order chi connectivity index (χ1) is 13.5. The van der Waals surface area contributed by atoms with Crippen molar-refractivity contribution in [1.29, 1.82) is 0 Å². The third-order valence-electron chi connectivity index (χ3n) is 6.32. The van der Waals surface area contributed by atoms with Crippen LogP contribution >= 0.6 is 0 Å². The average molecular weight is 382 g/mol. The lowest BCUT2D eigenvalue weighted by molar-refractivity contribution is -0.151. The topological polar surface area (TPSA) is 96.6 Å². The molecule has 2 fully saturated rings. The molecule has 28 heavy (non-hydrogen) atoms. The molecular weight excluding hydrogens is 356 g/mol. The van der Waals surface area contributed by atoms with E-state index in [0.717, 1.165) is 24.8 Å². The molecule has 148 valence electrons. The van der Waals surface area contributed by atoms with Crippen LogP contribution < -0.4 is 5.73 Å². The highest BCUT2D eigenvalue weighted by molar-refractivity contribution is 6.34. The molecular formula is C21H26N4O3. The first-order valence-electron chi connectivity index (χ1n) is 9.98. The first kappa shape index (κ1) is 18.7. The van der Waals surface area contributed by atoms with Gasteiger partial charge in [0.1, 0.15) is 0 Å². The summed E-state index contributed by atoms with van der Waals surface area (Å²) in [6.45, 7) is 1.01. The van der Waals surface area contributed by atoms with Gasteiger partial charge in [0.15, 0.2) is 0 Å². The Hall–Kier alpha value is -2.70. The van der Waals surface area contributed by atoms with E-state index in [-0.39, 0.29) is 24.4 Å². The number of piperazine rings is 1. The van der Waals surface area contributed by atoms with E-state index in [1.54, 1.807) is 12.4 Å². The monoisotopic (exact) mass is 382 g/mol. The van der Waals surface area contributed by atoms with Gasteiger partial charge in [-0.2, -0.15) is 0 Å². The third-order valence-corrected chi connectivity index (χ3v) is 6.32. The zero-order valence-corrected chi connectivity index (χ0v) is 15.9. The van der Waals surface area contributed by atoms with Crippen LogP contribution in [0.2, 0.25) is 0 Å². The summed E-state index contributed by atoms with van der Waals surface area (Å²) in [6, 6.07) is 3.44. The molecule has 2 N–H and O–H groups in total. The molecule has 4 rings (SSSR count). The van der Waals surface area contributed by atoms with Crippen molar-refractivity contribution in [3.05, 3.63) is 42.2 Å². The summed E-state index contributed by atoms with van der Waals surface area (Å²) in [5.41, 5.74) is 6.11. The number of fused-ring (bicyclic) bond motifs is 2. The third kappa shape index (κ3) is 3.66. The summed E-state index contributed by atoms with van der Waals surface area (Å²) in [4.78, 5) is 44.3. The largest absolute Gasteiger partial charge is 0.361 e. The number of primary amides is 1. The van der Waals surface area contributed by atoms with E-state index in [2.05, 4.69) is 17.1 Å². The summed E-state index contributed by atoms with van der Waals surface area (Å²) < 4.78 is 0. The van der Waals surface area contributed by atoms with E-state index in [0.29, 0.717) is 24.9 Å². The molecule has 4 atom stereocenters. The number of nitrogens with zero attached hydrogens (tertiary/aromatic N) is 3. The Kier molecular flexibility index (Phi) is 5.15. The van der Waals surface area contributed by atoms with Gasteiger partial charge in [-0.1, -0.05) is 12.2 Å². The number of allylic oxidation sites excluding steroid dienone is 2. The van der Waals surface area contributed by atoms with E-state index in [4.69, 9.17) is 5.73 Å². The number of carbonyl (C=O) groups is 3. The molecule has 2 aliphatic carbocycles. The number of rotatable bonds is 2. The highest BCUT2D eigenvalue weighted by atomic mass is 16.2. The first-order valence-corrected chi connectivity index (χ1v) is 9.98. The molecule has 2 bridgehead atoms. The molecule has 1 aromatic rings. The number of amides is 3. The van der Waals surface area contributed by atoms with Gasteiger partial charge in [0, 0.05) is 37.9 Å². The highest BCUT2D eigenvalue weighted by Crippen LogP contribution is 2.41. The van der Waals surface area contributed by atoms with Gasteiger partial charge >= 0.3 is 11.8 Å². The van der Waals surface area contributed by atoms with Crippen molar-refractivity contribution < 1.29 is 14.4 Å². The van der Waals surface area contributed by atoms with Crippen LogP contribution in [-0.4, -0.2) is 52.1 Å². The molecule has 7 heteroatoms. The van der Waals surface area contributed by atoms with Crippen LogP contribution in [0.1, 0.15) is 37.3 Å². The number of nitrogens with two attached hydrogens (primary N) is 1. The van der Waals surface area contributed by atoms with Gasteiger partial charge in [0.05, 0.1) is 6.04 Å². The molecule has 1 saturated heterocycles. The van der Waals surface area contributed by atoms with Gasteiger partial charge in [0.2, 0.25) is 5.91 Å². The lowest BCUT2D eigenvalue weighted by Crippen LogP contribution is -2.56. The van der Waals surface area contributed by atoms with Crippen LogP contribution in [0.25, 0.3) is 0 Å². The maximum atomic E-state index is 13.5. The number of hydrogen-bond donors (Lipinski definition) is 1. The van der Waals surface area contributed by atoms with Crippen molar-refractivity contribution in [2.24, 2.45) is 23.5 Å². The van der Waals surface area contributed by atoms with Crippen molar-refractivity contribution in [1.82, 2.24) is 14.8 Å². The van der Waals surface area contributed by atoms with E-state index in [1.165, 1.54) is 11.3 Å². The van der Waals surface area contributed by atoms with Crippen molar-refractivity contribution >= 4 is 17.7 Å². The smallest absolute Gasteiger partial charge is 0.311 e. The Morgan fingerprint density at radius 1 is 1.07 bits per heavy atom. The Labute approximate surface area is 164 Å². The van der Waals surface area contributed by atoms with Gasteiger partial charge in [0.25, 0.3) is 0 Å². The van der Waals surface area contributed by atoms with Crippen LogP contribution in [0.4, 0.5) is 0 Å². The van der Waals surface area contributed by atoms with Gasteiger partial charge in [-0.25, -0.2) is 0 Å². The zero-order chi connectivity index (χ0) is 19.7. The molecule has 2 heterocycles.